The lowest BCUT2D eigenvalue weighted by molar-refractivity contribution is -0.137. The monoisotopic (exact) mass is 521 g/mol. The van der Waals surface area contributed by atoms with E-state index in [1.165, 1.54) is 0 Å². The van der Waals surface area contributed by atoms with Gasteiger partial charge in [0.25, 0.3) is 0 Å². The first-order valence-electron chi connectivity index (χ1n) is 13.6. The van der Waals surface area contributed by atoms with Gasteiger partial charge in [-0.1, -0.05) is 48.5 Å². The zero-order valence-corrected chi connectivity index (χ0v) is 22.2. The number of nitrogens with zero attached hydrogens (tertiary/aromatic N) is 2. The Morgan fingerprint density at radius 3 is 2.39 bits per heavy atom. The average Bonchev–Trinajstić information content (AvgIpc) is 2.90. The number of benzene rings is 2. The van der Waals surface area contributed by atoms with Crippen molar-refractivity contribution in [3.8, 4) is 11.1 Å². The standard InChI is InChI=1S/C30H39N3O5/c1-32(17-8-7-13-28(35)36)27(34)14-18-33-19-15-30(16-20-33)21-24(22-30)38-29(37)31-26-12-6-5-11-25(26)23-9-3-2-4-10-23/h2-6,9-12,24H,7-8,13-22H2,1H3,(H,31,37)(H,35,36). The van der Waals surface area contributed by atoms with Gasteiger partial charge in [-0.15, -0.1) is 0 Å². The Hall–Kier alpha value is -3.39. The number of likely N-dealkylation sites (tertiary alicyclic amines) is 1. The molecule has 2 aromatic carbocycles. The number of carboxylic acid groups (broad SMARTS) is 1. The van der Waals surface area contributed by atoms with Gasteiger partial charge in [0.2, 0.25) is 5.91 Å². The molecular formula is C30H39N3O5. The lowest BCUT2D eigenvalue weighted by Crippen LogP contribution is -2.51. The zero-order chi connectivity index (χ0) is 27.0. The Balaban J connectivity index is 1.14. The molecule has 0 unspecified atom stereocenters. The number of carboxylic acids is 1. The number of amides is 2. The molecule has 2 N–H and O–H groups in total. The van der Waals surface area contributed by atoms with Gasteiger partial charge < -0.3 is 19.6 Å². The Kier molecular flexibility index (Phi) is 9.39. The van der Waals surface area contributed by atoms with Crippen LogP contribution in [0.5, 0.6) is 0 Å². The fourth-order valence-electron chi connectivity index (χ4n) is 5.60. The van der Waals surface area contributed by atoms with Gasteiger partial charge in [-0.2, -0.15) is 0 Å². The number of aliphatic carboxylic acids is 1. The maximum Gasteiger partial charge on any atom is 0.411 e. The molecule has 1 heterocycles. The second-order valence-corrected chi connectivity index (χ2v) is 10.7. The van der Waals surface area contributed by atoms with Crippen LogP contribution in [0.1, 0.15) is 51.4 Å². The van der Waals surface area contributed by atoms with Crippen molar-refractivity contribution in [1.29, 1.82) is 0 Å². The molecule has 1 aliphatic heterocycles. The number of rotatable bonds is 11. The summed E-state index contributed by atoms with van der Waals surface area (Å²) >= 11 is 0. The first kappa shape index (κ1) is 27.6. The van der Waals surface area contributed by atoms with Crippen LogP contribution in [0.4, 0.5) is 10.5 Å². The molecule has 0 atom stereocenters. The molecule has 1 saturated carbocycles. The highest BCUT2D eigenvalue weighted by Gasteiger charge is 2.47. The molecule has 0 aromatic heterocycles. The second-order valence-electron chi connectivity index (χ2n) is 10.7. The van der Waals surface area contributed by atoms with E-state index in [1.807, 2.05) is 54.6 Å². The van der Waals surface area contributed by atoms with Gasteiger partial charge >= 0.3 is 12.1 Å². The summed E-state index contributed by atoms with van der Waals surface area (Å²) in [6.07, 6.45) is 5.39. The van der Waals surface area contributed by atoms with E-state index in [-0.39, 0.29) is 23.8 Å². The van der Waals surface area contributed by atoms with Crippen LogP contribution in [0.25, 0.3) is 11.1 Å². The number of para-hydroxylation sites is 1. The van der Waals surface area contributed by atoms with Crippen LogP contribution in [0.3, 0.4) is 0 Å². The minimum Gasteiger partial charge on any atom is -0.481 e. The summed E-state index contributed by atoms with van der Waals surface area (Å²) in [4.78, 5) is 39.7. The van der Waals surface area contributed by atoms with Crippen molar-refractivity contribution in [3.63, 3.8) is 0 Å². The van der Waals surface area contributed by atoms with Gasteiger partial charge in [0, 0.05) is 38.5 Å². The van der Waals surface area contributed by atoms with Gasteiger partial charge in [-0.3, -0.25) is 14.9 Å². The molecule has 204 valence electrons. The van der Waals surface area contributed by atoms with E-state index in [0.717, 1.165) is 62.1 Å². The molecule has 2 aliphatic rings. The van der Waals surface area contributed by atoms with Crippen molar-refractivity contribution in [1.82, 2.24) is 9.80 Å². The molecular weight excluding hydrogens is 482 g/mol. The molecule has 0 radical (unpaired) electrons. The van der Waals surface area contributed by atoms with Crippen LogP contribution >= 0.6 is 0 Å². The molecule has 8 nitrogen and oxygen atoms in total. The predicted molar refractivity (Wildman–Crippen MR) is 147 cm³/mol. The number of piperidine rings is 1. The van der Waals surface area contributed by atoms with Crippen molar-refractivity contribution in [3.05, 3.63) is 54.6 Å². The summed E-state index contributed by atoms with van der Waals surface area (Å²) < 4.78 is 5.75. The number of hydrogen-bond donors (Lipinski definition) is 2. The summed E-state index contributed by atoms with van der Waals surface area (Å²) in [7, 11) is 1.79. The normalized spacial score (nSPS) is 17.0. The number of carbonyl (C=O) groups is 3. The maximum absolute atomic E-state index is 12.6. The molecule has 0 bridgehead atoms. The van der Waals surface area contributed by atoms with Crippen LogP contribution in [0.15, 0.2) is 54.6 Å². The van der Waals surface area contributed by atoms with Gasteiger partial charge in [0.15, 0.2) is 0 Å². The van der Waals surface area contributed by atoms with Crippen molar-refractivity contribution < 1.29 is 24.2 Å². The number of hydrogen-bond acceptors (Lipinski definition) is 5. The number of carbonyl (C=O) groups excluding carboxylic acids is 2. The minimum absolute atomic E-state index is 0.0539. The van der Waals surface area contributed by atoms with Crippen molar-refractivity contribution in [2.45, 2.75) is 57.5 Å². The minimum atomic E-state index is -0.793. The van der Waals surface area contributed by atoms with E-state index in [2.05, 4.69) is 10.2 Å². The Morgan fingerprint density at radius 2 is 1.68 bits per heavy atom. The van der Waals surface area contributed by atoms with Crippen LogP contribution in [-0.2, 0) is 14.3 Å². The number of unbranched alkanes of at least 4 members (excludes halogenated alkanes) is 1. The van der Waals surface area contributed by atoms with Crippen molar-refractivity contribution >= 4 is 23.7 Å². The highest BCUT2D eigenvalue weighted by Crippen LogP contribution is 2.50. The summed E-state index contributed by atoms with van der Waals surface area (Å²) in [6.45, 7) is 3.26. The molecule has 4 rings (SSSR count). The molecule has 1 saturated heterocycles. The fourth-order valence-corrected chi connectivity index (χ4v) is 5.60. The molecule has 2 fully saturated rings. The van der Waals surface area contributed by atoms with E-state index in [0.29, 0.717) is 25.8 Å². The van der Waals surface area contributed by atoms with E-state index in [9.17, 15) is 14.4 Å². The van der Waals surface area contributed by atoms with Crippen molar-refractivity contribution in [2.75, 3.05) is 38.5 Å². The third-order valence-corrected chi connectivity index (χ3v) is 7.96. The number of nitrogens with one attached hydrogen (secondary N) is 1. The number of ether oxygens (including phenoxy) is 1. The third kappa shape index (κ3) is 7.57. The fraction of sp³-hybridized carbons (Fsp3) is 0.500. The summed E-state index contributed by atoms with van der Waals surface area (Å²) in [5.41, 5.74) is 2.99. The zero-order valence-electron chi connectivity index (χ0n) is 22.2. The largest absolute Gasteiger partial charge is 0.481 e. The van der Waals surface area contributed by atoms with Crippen LogP contribution in [-0.4, -0.2) is 72.2 Å². The van der Waals surface area contributed by atoms with E-state index in [4.69, 9.17) is 9.84 Å². The molecule has 38 heavy (non-hydrogen) atoms. The predicted octanol–water partition coefficient (Wildman–Crippen LogP) is 5.25. The van der Waals surface area contributed by atoms with E-state index < -0.39 is 12.1 Å². The van der Waals surface area contributed by atoms with Gasteiger partial charge in [0.05, 0.1) is 5.69 Å². The van der Waals surface area contributed by atoms with Crippen molar-refractivity contribution in [2.24, 2.45) is 5.41 Å². The maximum atomic E-state index is 12.6. The van der Waals surface area contributed by atoms with Crippen LogP contribution < -0.4 is 5.32 Å². The smallest absolute Gasteiger partial charge is 0.411 e. The summed E-state index contributed by atoms with van der Waals surface area (Å²) in [5, 5.41) is 11.6. The lowest BCUT2D eigenvalue weighted by atomic mass is 9.61. The Labute approximate surface area is 225 Å². The number of anilines is 1. The topological polar surface area (TPSA) is 99.2 Å². The quantitative estimate of drug-likeness (QED) is 0.392. The summed E-state index contributed by atoms with van der Waals surface area (Å²) in [5.74, 6) is -0.684. The molecule has 2 aromatic rings. The Morgan fingerprint density at radius 1 is 1.00 bits per heavy atom. The van der Waals surface area contributed by atoms with Gasteiger partial charge in [0.1, 0.15) is 6.10 Å². The van der Waals surface area contributed by atoms with Gasteiger partial charge in [-0.05, 0) is 68.7 Å². The molecule has 2 amide bonds. The van der Waals surface area contributed by atoms with Crippen LogP contribution in [0, 0.1) is 5.41 Å². The average molecular weight is 522 g/mol. The molecule has 1 aliphatic carbocycles. The Bertz CT molecular complexity index is 1090. The second kappa shape index (κ2) is 12.9. The van der Waals surface area contributed by atoms with Gasteiger partial charge in [-0.25, -0.2) is 4.79 Å². The highest BCUT2D eigenvalue weighted by atomic mass is 16.6. The molecule has 1 spiro atoms. The first-order chi connectivity index (χ1) is 18.3. The molecule has 8 heteroatoms. The SMILES string of the molecule is CN(CCCCC(=O)O)C(=O)CCN1CCC2(CC1)CC(OC(=O)Nc1ccccc1-c1ccccc1)C2. The van der Waals surface area contributed by atoms with E-state index >= 15 is 0 Å². The van der Waals surface area contributed by atoms with E-state index in [1.54, 1.807) is 11.9 Å². The third-order valence-electron chi connectivity index (χ3n) is 7.96. The van der Waals surface area contributed by atoms with Crippen LogP contribution in [0.2, 0.25) is 0 Å². The lowest BCUT2D eigenvalue weighted by Gasteiger charge is -2.51. The summed E-state index contributed by atoms with van der Waals surface area (Å²) in [6, 6.07) is 17.7. The highest BCUT2D eigenvalue weighted by molar-refractivity contribution is 5.91. The first-order valence-corrected chi connectivity index (χ1v) is 13.6.